The first-order valence-electron chi connectivity index (χ1n) is 8.19. The summed E-state index contributed by atoms with van der Waals surface area (Å²) in [6, 6.07) is 7.97. The Kier molecular flexibility index (Phi) is 5.27. The monoisotopic (exact) mass is 414 g/mol. The Bertz CT molecular complexity index is 1080. The summed E-state index contributed by atoms with van der Waals surface area (Å²) in [6.07, 6.45) is -4.98. The van der Waals surface area contributed by atoms with Gasteiger partial charge in [0.25, 0.3) is 5.76 Å². The molecule has 0 radical (unpaired) electrons. The number of quaternary nitrogens is 1. The maximum absolute atomic E-state index is 13.6. The molecule has 3 rings (SSSR count). The highest BCUT2D eigenvalue weighted by Gasteiger charge is 2.41. The van der Waals surface area contributed by atoms with Gasteiger partial charge in [0.1, 0.15) is 18.0 Å². The van der Waals surface area contributed by atoms with Gasteiger partial charge in [0, 0.05) is 5.02 Å². The summed E-state index contributed by atoms with van der Waals surface area (Å²) < 4.78 is 51.2. The number of phenolic OH excluding ortho intramolecular Hbond substituents is 1. The molecule has 0 amide bonds. The summed E-state index contributed by atoms with van der Waals surface area (Å²) in [4.78, 5) is 13.6. The molecule has 0 aliphatic heterocycles. The standard InChI is InChI=1S/C19H15ClF3NO4/c1-24(2)9-13-14(25)8-7-12-15(26)17(18(19(21,22)23)28-16(12)13)27-11-5-3-10(20)4-6-11/h3-8,25H,9H2,1-2H3/p+1. The largest absolute Gasteiger partial charge is 0.507 e. The molecular weight excluding hydrogens is 399 g/mol. The van der Waals surface area contributed by atoms with Crippen molar-refractivity contribution in [2.24, 2.45) is 0 Å². The molecule has 9 heteroatoms. The minimum Gasteiger partial charge on any atom is -0.507 e. The normalized spacial score (nSPS) is 12.0. The highest BCUT2D eigenvalue weighted by molar-refractivity contribution is 6.30. The minimum absolute atomic E-state index is 0.00159. The van der Waals surface area contributed by atoms with E-state index >= 15 is 0 Å². The number of hydrogen-bond donors (Lipinski definition) is 2. The number of ether oxygens (including phenoxy) is 1. The molecule has 0 atom stereocenters. The van der Waals surface area contributed by atoms with Crippen molar-refractivity contribution in [1.82, 2.24) is 0 Å². The molecule has 3 aromatic rings. The lowest BCUT2D eigenvalue weighted by Gasteiger charge is -2.16. The fourth-order valence-corrected chi connectivity index (χ4v) is 2.84. The SMILES string of the molecule is C[NH+](C)Cc1c(O)ccc2c(=O)c(Oc3ccc(Cl)cc3)c(C(F)(F)F)oc12. The second kappa shape index (κ2) is 7.37. The highest BCUT2D eigenvalue weighted by atomic mass is 35.5. The van der Waals surface area contributed by atoms with Gasteiger partial charge in [-0.15, -0.1) is 0 Å². The number of phenols is 1. The second-order valence-electron chi connectivity index (χ2n) is 6.47. The molecule has 1 heterocycles. The third-order valence-electron chi connectivity index (χ3n) is 3.92. The van der Waals surface area contributed by atoms with Crippen LogP contribution in [0.2, 0.25) is 5.02 Å². The van der Waals surface area contributed by atoms with E-state index in [0.29, 0.717) is 5.02 Å². The molecule has 0 spiro atoms. The summed E-state index contributed by atoms with van der Waals surface area (Å²) in [7, 11) is 3.50. The fraction of sp³-hybridized carbons (Fsp3) is 0.211. The Morgan fingerprint density at radius 1 is 1.14 bits per heavy atom. The molecule has 0 aliphatic carbocycles. The van der Waals surface area contributed by atoms with Gasteiger partial charge in [0.05, 0.1) is 25.0 Å². The lowest BCUT2D eigenvalue weighted by molar-refractivity contribution is -0.872. The summed E-state index contributed by atoms with van der Waals surface area (Å²) >= 11 is 5.76. The van der Waals surface area contributed by atoms with Crippen molar-refractivity contribution in [2.75, 3.05) is 14.1 Å². The van der Waals surface area contributed by atoms with Gasteiger partial charge in [-0.05, 0) is 36.4 Å². The summed E-state index contributed by atoms with van der Waals surface area (Å²) in [5, 5.41) is 10.3. The Labute approximate surface area is 162 Å². The predicted molar refractivity (Wildman–Crippen MR) is 97.2 cm³/mol. The first-order valence-corrected chi connectivity index (χ1v) is 8.57. The smallest absolute Gasteiger partial charge is 0.453 e. The van der Waals surface area contributed by atoms with Gasteiger partial charge in [-0.25, -0.2) is 0 Å². The number of benzene rings is 2. The summed E-state index contributed by atoms with van der Waals surface area (Å²) in [5.74, 6) is -2.80. The molecule has 0 unspecified atom stereocenters. The van der Waals surface area contributed by atoms with E-state index in [-0.39, 0.29) is 34.6 Å². The van der Waals surface area contributed by atoms with Crippen LogP contribution in [0.25, 0.3) is 11.0 Å². The topological polar surface area (TPSA) is 64.1 Å². The van der Waals surface area contributed by atoms with Crippen molar-refractivity contribution in [3.63, 3.8) is 0 Å². The van der Waals surface area contributed by atoms with E-state index < -0.39 is 23.1 Å². The third-order valence-corrected chi connectivity index (χ3v) is 4.17. The summed E-state index contributed by atoms with van der Waals surface area (Å²) in [6.45, 7) is 0.154. The Morgan fingerprint density at radius 2 is 1.79 bits per heavy atom. The van der Waals surface area contributed by atoms with Crippen molar-refractivity contribution in [3.8, 4) is 17.2 Å². The number of hydrogen-bond acceptors (Lipinski definition) is 4. The highest BCUT2D eigenvalue weighted by Crippen LogP contribution is 2.39. The van der Waals surface area contributed by atoms with Crippen LogP contribution in [0, 0.1) is 0 Å². The maximum Gasteiger partial charge on any atom is 0.453 e. The molecule has 2 N–H and O–H groups in total. The number of nitrogens with one attached hydrogen (secondary N) is 1. The van der Waals surface area contributed by atoms with Crippen molar-refractivity contribution in [2.45, 2.75) is 12.7 Å². The maximum atomic E-state index is 13.6. The molecule has 148 valence electrons. The van der Waals surface area contributed by atoms with E-state index in [4.69, 9.17) is 20.8 Å². The Morgan fingerprint density at radius 3 is 2.36 bits per heavy atom. The van der Waals surface area contributed by atoms with Crippen molar-refractivity contribution in [3.05, 3.63) is 63.0 Å². The van der Waals surface area contributed by atoms with Crippen LogP contribution in [0.4, 0.5) is 13.2 Å². The van der Waals surface area contributed by atoms with E-state index in [9.17, 15) is 23.1 Å². The van der Waals surface area contributed by atoms with E-state index in [2.05, 4.69) is 0 Å². The average Bonchev–Trinajstić information content (AvgIpc) is 2.60. The molecule has 2 aromatic carbocycles. The van der Waals surface area contributed by atoms with Crippen LogP contribution >= 0.6 is 11.6 Å². The van der Waals surface area contributed by atoms with Crippen molar-refractivity contribution < 1.29 is 32.3 Å². The second-order valence-corrected chi connectivity index (χ2v) is 6.90. The van der Waals surface area contributed by atoms with Gasteiger partial charge in [-0.2, -0.15) is 13.2 Å². The molecule has 0 saturated carbocycles. The van der Waals surface area contributed by atoms with Crippen LogP contribution in [0.5, 0.6) is 17.2 Å². The molecule has 0 saturated heterocycles. The van der Waals surface area contributed by atoms with Gasteiger partial charge in [0.15, 0.2) is 5.58 Å². The van der Waals surface area contributed by atoms with Gasteiger partial charge < -0.3 is 19.2 Å². The third kappa shape index (κ3) is 3.93. The summed E-state index contributed by atoms with van der Waals surface area (Å²) in [5.41, 5.74) is -1.20. The number of rotatable bonds is 4. The van der Waals surface area contributed by atoms with E-state index in [1.165, 1.54) is 36.4 Å². The van der Waals surface area contributed by atoms with Crippen molar-refractivity contribution in [1.29, 1.82) is 0 Å². The number of halogens is 4. The molecule has 0 fully saturated rings. The van der Waals surface area contributed by atoms with Gasteiger partial charge >= 0.3 is 6.18 Å². The van der Waals surface area contributed by atoms with Crippen LogP contribution in [-0.2, 0) is 12.7 Å². The van der Waals surface area contributed by atoms with Crippen LogP contribution < -0.4 is 15.1 Å². The zero-order valence-corrected chi connectivity index (χ0v) is 15.6. The molecule has 1 aromatic heterocycles. The van der Waals surface area contributed by atoms with E-state index in [1.807, 2.05) is 0 Å². The van der Waals surface area contributed by atoms with Crippen LogP contribution in [-0.4, -0.2) is 19.2 Å². The minimum atomic E-state index is -4.98. The quantitative estimate of drug-likeness (QED) is 0.684. The zero-order chi connectivity index (χ0) is 20.6. The lowest BCUT2D eigenvalue weighted by atomic mass is 10.1. The molecule has 0 aliphatic rings. The van der Waals surface area contributed by atoms with Gasteiger partial charge in [0.2, 0.25) is 11.2 Å². The van der Waals surface area contributed by atoms with E-state index in [0.717, 1.165) is 4.90 Å². The first-order chi connectivity index (χ1) is 13.1. The number of fused-ring (bicyclic) bond motifs is 1. The average molecular weight is 415 g/mol. The first kappa shape index (κ1) is 20.0. The van der Waals surface area contributed by atoms with Crippen LogP contribution in [0.1, 0.15) is 11.3 Å². The van der Waals surface area contributed by atoms with Gasteiger partial charge in [-0.1, -0.05) is 11.6 Å². The lowest BCUT2D eigenvalue weighted by Crippen LogP contribution is -3.04. The predicted octanol–water partition coefficient (Wildman–Crippen LogP) is 3.61. The zero-order valence-electron chi connectivity index (χ0n) is 14.9. The van der Waals surface area contributed by atoms with E-state index in [1.54, 1.807) is 14.1 Å². The van der Waals surface area contributed by atoms with Crippen LogP contribution in [0.15, 0.2) is 45.6 Å². The van der Waals surface area contributed by atoms with Gasteiger partial charge in [-0.3, -0.25) is 4.79 Å². The molecule has 5 nitrogen and oxygen atoms in total. The van der Waals surface area contributed by atoms with Crippen molar-refractivity contribution >= 4 is 22.6 Å². The van der Waals surface area contributed by atoms with Crippen LogP contribution in [0.3, 0.4) is 0 Å². The fourth-order valence-electron chi connectivity index (χ4n) is 2.71. The number of alkyl halides is 3. The molecular formula is C19H16ClF3NO4+. The number of aromatic hydroxyl groups is 1. The Balaban J connectivity index is 2.28. The molecule has 0 bridgehead atoms. The Hall–Kier alpha value is -2.71. The molecule has 28 heavy (non-hydrogen) atoms.